The van der Waals surface area contributed by atoms with Crippen LogP contribution in [0.3, 0.4) is 0 Å². The quantitative estimate of drug-likeness (QED) is 0.527. The molecule has 152 valence electrons. The number of para-hydroxylation sites is 1. The third-order valence-corrected chi connectivity index (χ3v) is 6.74. The number of imide groups is 1. The van der Waals surface area contributed by atoms with Gasteiger partial charge in [0, 0.05) is 17.1 Å². The first-order valence-corrected chi connectivity index (χ1v) is 10.4. The summed E-state index contributed by atoms with van der Waals surface area (Å²) in [7, 11) is 0. The van der Waals surface area contributed by atoms with Crippen LogP contribution < -0.4 is 10.2 Å². The highest BCUT2D eigenvalue weighted by Crippen LogP contribution is 2.53. The molecule has 1 saturated carbocycles. The summed E-state index contributed by atoms with van der Waals surface area (Å²) in [5.74, 6) is -0.625. The van der Waals surface area contributed by atoms with E-state index in [2.05, 4.69) is 22.5 Å². The van der Waals surface area contributed by atoms with Crippen LogP contribution in [-0.2, 0) is 9.59 Å². The van der Waals surface area contributed by atoms with Crippen LogP contribution in [0.1, 0.15) is 16.8 Å². The molecule has 0 radical (unpaired) electrons. The van der Waals surface area contributed by atoms with Gasteiger partial charge in [0.15, 0.2) is 0 Å². The minimum atomic E-state index is -0.275. The Morgan fingerprint density at radius 3 is 2.29 bits per heavy atom. The molecule has 3 aliphatic rings. The van der Waals surface area contributed by atoms with E-state index in [4.69, 9.17) is 0 Å². The van der Waals surface area contributed by atoms with Crippen molar-refractivity contribution in [3.8, 4) is 0 Å². The first-order valence-electron chi connectivity index (χ1n) is 10.4. The van der Waals surface area contributed by atoms with E-state index in [0.717, 1.165) is 17.3 Å². The van der Waals surface area contributed by atoms with E-state index in [0.29, 0.717) is 16.9 Å². The predicted molar refractivity (Wildman–Crippen MR) is 116 cm³/mol. The molecule has 2 bridgehead atoms. The average molecular weight is 409 g/mol. The van der Waals surface area contributed by atoms with Gasteiger partial charge in [0.25, 0.3) is 5.91 Å². The number of nitrogens with one attached hydrogen (secondary N) is 1. The van der Waals surface area contributed by atoms with Crippen molar-refractivity contribution in [2.45, 2.75) is 6.42 Å². The normalized spacial score (nSPS) is 26.0. The van der Waals surface area contributed by atoms with Crippen molar-refractivity contribution >= 4 is 40.0 Å². The van der Waals surface area contributed by atoms with E-state index in [1.54, 1.807) is 30.5 Å². The molecule has 4 atom stereocenters. The van der Waals surface area contributed by atoms with Crippen LogP contribution in [0.4, 0.5) is 11.4 Å². The second-order valence-electron chi connectivity index (χ2n) is 8.39. The number of hydrogen-bond donors (Lipinski definition) is 1. The molecule has 1 saturated heterocycles. The Morgan fingerprint density at radius 2 is 1.58 bits per heavy atom. The molecule has 0 spiro atoms. The Morgan fingerprint density at radius 1 is 0.903 bits per heavy atom. The summed E-state index contributed by atoms with van der Waals surface area (Å²) in [6.45, 7) is 0. The Labute approximate surface area is 178 Å². The number of nitrogens with zero attached hydrogens (tertiary/aromatic N) is 2. The molecule has 2 aromatic carbocycles. The van der Waals surface area contributed by atoms with Gasteiger partial charge in [-0.2, -0.15) is 0 Å². The van der Waals surface area contributed by atoms with Crippen molar-refractivity contribution in [3.05, 3.63) is 78.5 Å². The lowest BCUT2D eigenvalue weighted by molar-refractivity contribution is -0.123. The smallest absolute Gasteiger partial charge is 0.255 e. The van der Waals surface area contributed by atoms with Crippen LogP contribution in [0.15, 0.2) is 72.9 Å². The molecule has 3 aromatic rings. The summed E-state index contributed by atoms with van der Waals surface area (Å²) in [5, 5.41) is 3.84. The fourth-order valence-electron chi connectivity index (χ4n) is 5.32. The van der Waals surface area contributed by atoms with Gasteiger partial charge in [-0.15, -0.1) is 0 Å². The number of allylic oxidation sites excluding steroid dienone is 2. The zero-order chi connectivity index (χ0) is 21.1. The second-order valence-corrected chi connectivity index (χ2v) is 8.39. The number of carbonyl (C=O) groups excluding carboxylic acids is 3. The molecule has 2 heterocycles. The monoisotopic (exact) mass is 409 g/mol. The summed E-state index contributed by atoms with van der Waals surface area (Å²) in [5.41, 5.74) is 2.32. The summed E-state index contributed by atoms with van der Waals surface area (Å²) in [6, 6.07) is 16.0. The predicted octanol–water partition coefficient (Wildman–Crippen LogP) is 3.80. The summed E-state index contributed by atoms with van der Waals surface area (Å²) in [4.78, 5) is 44.4. The average Bonchev–Trinajstić information content (AvgIpc) is 3.48. The van der Waals surface area contributed by atoms with Crippen molar-refractivity contribution in [2.24, 2.45) is 23.7 Å². The van der Waals surface area contributed by atoms with Crippen molar-refractivity contribution < 1.29 is 14.4 Å². The maximum absolute atomic E-state index is 13.0. The largest absolute Gasteiger partial charge is 0.320 e. The molecule has 6 heteroatoms. The minimum absolute atomic E-state index is 0.120. The topological polar surface area (TPSA) is 79.4 Å². The van der Waals surface area contributed by atoms with Crippen LogP contribution in [0.5, 0.6) is 0 Å². The van der Waals surface area contributed by atoms with Crippen molar-refractivity contribution in [2.75, 3.05) is 10.2 Å². The van der Waals surface area contributed by atoms with Gasteiger partial charge in [0.05, 0.1) is 28.7 Å². The number of rotatable bonds is 3. The minimum Gasteiger partial charge on any atom is -0.320 e. The Balaban J connectivity index is 1.24. The van der Waals surface area contributed by atoms with Gasteiger partial charge in [0.1, 0.15) is 0 Å². The summed E-state index contributed by atoms with van der Waals surface area (Å²) in [6.07, 6.45) is 6.75. The maximum Gasteiger partial charge on any atom is 0.255 e. The number of amides is 3. The molecule has 2 fully saturated rings. The second kappa shape index (κ2) is 6.60. The highest BCUT2D eigenvalue weighted by molar-refractivity contribution is 6.23. The molecule has 3 amide bonds. The SMILES string of the molecule is O=C(Nc1cccc2cccnc12)c1ccc(N2C(=O)[C@@H]3C4C=CC(C4)[C@@H]3C2=O)cc1. The highest BCUT2D eigenvalue weighted by atomic mass is 16.2. The number of benzene rings is 2. The molecule has 6 rings (SSSR count). The number of fused-ring (bicyclic) bond motifs is 6. The van der Waals surface area contributed by atoms with E-state index in [-0.39, 0.29) is 41.4 Å². The van der Waals surface area contributed by atoms with E-state index >= 15 is 0 Å². The van der Waals surface area contributed by atoms with Crippen LogP contribution in [-0.4, -0.2) is 22.7 Å². The number of anilines is 2. The van der Waals surface area contributed by atoms with E-state index < -0.39 is 0 Å². The number of aromatic nitrogens is 1. The third-order valence-electron chi connectivity index (χ3n) is 6.74. The van der Waals surface area contributed by atoms with Gasteiger partial charge < -0.3 is 5.32 Å². The summed E-state index contributed by atoms with van der Waals surface area (Å²) < 4.78 is 0. The number of carbonyl (C=O) groups is 3. The van der Waals surface area contributed by atoms with Gasteiger partial charge >= 0.3 is 0 Å². The first kappa shape index (κ1) is 18.0. The maximum atomic E-state index is 13.0. The van der Waals surface area contributed by atoms with Gasteiger partial charge in [-0.25, -0.2) is 0 Å². The molecule has 1 aromatic heterocycles. The molecule has 2 unspecified atom stereocenters. The van der Waals surface area contributed by atoms with Crippen LogP contribution in [0.2, 0.25) is 0 Å². The third kappa shape index (κ3) is 2.64. The van der Waals surface area contributed by atoms with Gasteiger partial charge in [-0.3, -0.25) is 24.3 Å². The fourth-order valence-corrected chi connectivity index (χ4v) is 5.32. The van der Waals surface area contributed by atoms with E-state index in [9.17, 15) is 14.4 Å². The first-order chi connectivity index (χ1) is 15.1. The van der Waals surface area contributed by atoms with Crippen molar-refractivity contribution in [1.29, 1.82) is 0 Å². The lowest BCUT2D eigenvalue weighted by atomic mass is 9.85. The van der Waals surface area contributed by atoms with Crippen LogP contribution in [0, 0.1) is 23.7 Å². The molecule has 31 heavy (non-hydrogen) atoms. The number of hydrogen-bond acceptors (Lipinski definition) is 4. The molecular formula is C25H19N3O3. The lowest BCUT2D eigenvalue weighted by Gasteiger charge is -2.17. The van der Waals surface area contributed by atoms with Crippen molar-refractivity contribution in [1.82, 2.24) is 4.98 Å². The van der Waals surface area contributed by atoms with Gasteiger partial charge in [0.2, 0.25) is 11.8 Å². The molecule has 1 aliphatic heterocycles. The van der Waals surface area contributed by atoms with E-state index in [1.165, 1.54) is 4.90 Å². The summed E-state index contributed by atoms with van der Waals surface area (Å²) >= 11 is 0. The standard InChI is InChI=1S/C25H19N3O3/c29-23(27-19-5-1-3-14-4-2-12-26-22(14)19)15-8-10-18(11-9-15)28-24(30)20-16-6-7-17(13-16)21(20)25(28)31/h1-12,16-17,20-21H,13H2,(H,27,29)/t16?,17?,20-,21+. The zero-order valence-electron chi connectivity index (χ0n) is 16.6. The molecule has 2 aliphatic carbocycles. The van der Waals surface area contributed by atoms with Crippen molar-refractivity contribution in [3.63, 3.8) is 0 Å². The van der Waals surface area contributed by atoms with Crippen LogP contribution >= 0.6 is 0 Å². The van der Waals surface area contributed by atoms with Gasteiger partial charge in [-0.1, -0.05) is 30.4 Å². The van der Waals surface area contributed by atoms with E-state index in [1.807, 2.05) is 30.3 Å². The molecule has 6 nitrogen and oxygen atoms in total. The molecular weight excluding hydrogens is 390 g/mol. The number of pyridine rings is 1. The van der Waals surface area contributed by atoms with Gasteiger partial charge in [-0.05, 0) is 54.7 Å². The Bertz CT molecular complexity index is 1250. The lowest BCUT2D eigenvalue weighted by Crippen LogP contribution is -2.32. The highest BCUT2D eigenvalue weighted by Gasteiger charge is 2.59. The Hall–Kier alpha value is -3.80. The molecule has 1 N–H and O–H groups in total. The Kier molecular flexibility index (Phi) is 3.84. The fraction of sp³-hybridized carbons (Fsp3) is 0.200. The zero-order valence-corrected chi connectivity index (χ0v) is 16.6. The van der Waals surface area contributed by atoms with Crippen LogP contribution in [0.25, 0.3) is 10.9 Å².